The zero-order valence-corrected chi connectivity index (χ0v) is 16.8. The van der Waals surface area contributed by atoms with Crippen LogP contribution in [0, 0.1) is 13.8 Å². The molecule has 2 aromatic heterocycles. The van der Waals surface area contributed by atoms with Crippen LogP contribution in [0.1, 0.15) is 34.8 Å². The molecule has 148 valence electrons. The smallest absolute Gasteiger partial charge is 0.220 e. The Bertz CT molecular complexity index is 1090. The van der Waals surface area contributed by atoms with Crippen LogP contribution in [0.5, 0.6) is 0 Å². The van der Waals surface area contributed by atoms with E-state index in [1.165, 1.54) is 5.56 Å². The third kappa shape index (κ3) is 4.37. The van der Waals surface area contributed by atoms with Crippen molar-refractivity contribution in [3.8, 4) is 0 Å². The number of fused-ring (bicyclic) bond motifs is 1. The number of nitrogens with zero attached hydrogens (tertiary/aromatic N) is 3. The summed E-state index contributed by atoms with van der Waals surface area (Å²) in [5, 5.41) is 7.68. The van der Waals surface area contributed by atoms with E-state index in [-0.39, 0.29) is 5.91 Å². The largest absolute Gasteiger partial charge is 0.352 e. The summed E-state index contributed by atoms with van der Waals surface area (Å²) < 4.78 is 2.00. The fraction of sp³-hybridized carbons (Fsp3) is 0.261. The Kier molecular flexibility index (Phi) is 5.42. The average molecular weight is 387 g/mol. The molecule has 4 aromatic rings. The molecule has 0 aliphatic rings. The summed E-state index contributed by atoms with van der Waals surface area (Å²) in [6.45, 7) is 5.27. The number of hydrogen-bond donors (Lipinski definition) is 2. The molecule has 0 aliphatic heterocycles. The van der Waals surface area contributed by atoms with Gasteiger partial charge < -0.3 is 10.3 Å². The molecule has 6 nitrogen and oxygen atoms in total. The van der Waals surface area contributed by atoms with Gasteiger partial charge in [-0.25, -0.2) is 4.98 Å². The molecule has 6 heteroatoms. The molecule has 2 heterocycles. The predicted octanol–water partition coefficient (Wildman–Crippen LogP) is 3.67. The van der Waals surface area contributed by atoms with Gasteiger partial charge in [0.05, 0.1) is 23.3 Å². The van der Waals surface area contributed by atoms with Crippen LogP contribution in [0.4, 0.5) is 0 Å². The average Bonchev–Trinajstić information content (AvgIpc) is 3.26. The van der Waals surface area contributed by atoms with E-state index in [0.717, 1.165) is 40.4 Å². The van der Waals surface area contributed by atoms with E-state index in [0.29, 0.717) is 19.4 Å². The first-order valence-electron chi connectivity index (χ1n) is 9.87. The molecular formula is C23H25N5O. The molecule has 0 atom stereocenters. The van der Waals surface area contributed by atoms with Gasteiger partial charge in [0, 0.05) is 30.6 Å². The lowest BCUT2D eigenvalue weighted by Crippen LogP contribution is -2.23. The maximum atomic E-state index is 12.3. The van der Waals surface area contributed by atoms with Gasteiger partial charge in [0.25, 0.3) is 0 Å². The van der Waals surface area contributed by atoms with Crippen molar-refractivity contribution in [2.45, 2.75) is 39.8 Å². The number of aromatic nitrogens is 4. The number of hydrogen-bond acceptors (Lipinski definition) is 3. The van der Waals surface area contributed by atoms with E-state index < -0.39 is 0 Å². The molecule has 0 saturated heterocycles. The van der Waals surface area contributed by atoms with Crippen LogP contribution >= 0.6 is 0 Å². The van der Waals surface area contributed by atoms with Gasteiger partial charge in [0.2, 0.25) is 5.91 Å². The minimum Gasteiger partial charge on any atom is -0.352 e. The Morgan fingerprint density at radius 2 is 1.83 bits per heavy atom. The first-order chi connectivity index (χ1) is 14.1. The maximum absolute atomic E-state index is 12.3. The van der Waals surface area contributed by atoms with Crippen LogP contribution in [0.15, 0.2) is 54.6 Å². The van der Waals surface area contributed by atoms with Crippen LogP contribution in [0.3, 0.4) is 0 Å². The second-order valence-corrected chi connectivity index (χ2v) is 7.27. The Morgan fingerprint density at radius 1 is 1.07 bits per heavy atom. The van der Waals surface area contributed by atoms with Gasteiger partial charge in [-0.3, -0.25) is 9.48 Å². The van der Waals surface area contributed by atoms with Crippen molar-refractivity contribution < 1.29 is 4.79 Å². The van der Waals surface area contributed by atoms with Crippen LogP contribution in [0.25, 0.3) is 11.0 Å². The second-order valence-electron chi connectivity index (χ2n) is 7.27. The first kappa shape index (κ1) is 18.9. The third-order valence-electron chi connectivity index (χ3n) is 5.20. The molecule has 0 spiro atoms. The molecule has 0 bridgehead atoms. The number of H-pyrrole nitrogens is 1. The standard InChI is InChI=1S/C23H25N5O/c1-16-19(17(2)28(27-16)15-18-8-4-3-5-9-18)14-24-23(29)13-12-22-25-20-10-6-7-11-21(20)26-22/h3-11H,12-15H2,1-2H3,(H,24,29)(H,25,26). The lowest BCUT2D eigenvalue weighted by atomic mass is 10.2. The van der Waals surface area contributed by atoms with E-state index in [2.05, 4.69) is 39.4 Å². The van der Waals surface area contributed by atoms with Crippen molar-refractivity contribution in [2.24, 2.45) is 0 Å². The highest BCUT2D eigenvalue weighted by Gasteiger charge is 2.13. The highest BCUT2D eigenvalue weighted by Crippen LogP contribution is 2.15. The summed E-state index contributed by atoms with van der Waals surface area (Å²) in [5.41, 5.74) is 6.26. The van der Waals surface area contributed by atoms with Crippen LogP contribution in [0.2, 0.25) is 0 Å². The fourth-order valence-electron chi connectivity index (χ4n) is 3.53. The number of carbonyl (C=O) groups excluding carboxylic acids is 1. The second kappa shape index (κ2) is 8.31. The first-order valence-corrected chi connectivity index (χ1v) is 9.87. The number of rotatable bonds is 7. The van der Waals surface area contributed by atoms with Gasteiger partial charge in [-0.2, -0.15) is 5.10 Å². The number of benzene rings is 2. The number of aryl methyl sites for hydroxylation is 2. The zero-order valence-electron chi connectivity index (χ0n) is 16.8. The van der Waals surface area contributed by atoms with Gasteiger partial charge in [0.1, 0.15) is 5.82 Å². The normalized spacial score (nSPS) is 11.1. The van der Waals surface area contributed by atoms with Gasteiger partial charge >= 0.3 is 0 Å². The molecule has 1 amide bonds. The highest BCUT2D eigenvalue weighted by atomic mass is 16.1. The zero-order chi connectivity index (χ0) is 20.2. The number of imidazole rings is 1. The van der Waals surface area contributed by atoms with E-state index >= 15 is 0 Å². The van der Waals surface area contributed by atoms with E-state index in [9.17, 15) is 4.79 Å². The molecule has 0 radical (unpaired) electrons. The van der Waals surface area contributed by atoms with Crippen molar-refractivity contribution in [3.05, 3.63) is 82.9 Å². The molecule has 2 aromatic carbocycles. The summed E-state index contributed by atoms with van der Waals surface area (Å²) in [6, 6.07) is 18.2. The van der Waals surface area contributed by atoms with Crippen molar-refractivity contribution in [1.82, 2.24) is 25.1 Å². The molecule has 0 unspecified atom stereocenters. The molecule has 29 heavy (non-hydrogen) atoms. The molecule has 2 N–H and O–H groups in total. The molecule has 4 rings (SSSR count). The number of nitrogens with one attached hydrogen (secondary N) is 2. The molecule has 0 fully saturated rings. The Labute approximate surface area is 170 Å². The van der Waals surface area contributed by atoms with E-state index in [1.807, 2.05) is 54.1 Å². The van der Waals surface area contributed by atoms with Crippen LogP contribution in [-0.2, 0) is 24.3 Å². The summed E-state index contributed by atoms with van der Waals surface area (Å²) >= 11 is 0. The number of carbonyl (C=O) groups is 1. The third-order valence-corrected chi connectivity index (χ3v) is 5.20. The summed E-state index contributed by atoms with van der Waals surface area (Å²) in [6.07, 6.45) is 0.988. The van der Waals surface area contributed by atoms with Gasteiger partial charge in [-0.1, -0.05) is 42.5 Å². The van der Waals surface area contributed by atoms with E-state index in [4.69, 9.17) is 0 Å². The Morgan fingerprint density at radius 3 is 2.62 bits per heavy atom. The molecular weight excluding hydrogens is 362 g/mol. The fourth-order valence-corrected chi connectivity index (χ4v) is 3.53. The summed E-state index contributed by atoms with van der Waals surface area (Å²) in [7, 11) is 0. The summed E-state index contributed by atoms with van der Waals surface area (Å²) in [5.74, 6) is 0.851. The predicted molar refractivity (Wildman–Crippen MR) is 114 cm³/mol. The highest BCUT2D eigenvalue weighted by molar-refractivity contribution is 5.77. The van der Waals surface area contributed by atoms with Gasteiger partial charge in [0.15, 0.2) is 0 Å². The monoisotopic (exact) mass is 387 g/mol. The lowest BCUT2D eigenvalue weighted by Gasteiger charge is -2.07. The van der Waals surface area contributed by atoms with Crippen molar-refractivity contribution in [2.75, 3.05) is 0 Å². The Hall–Kier alpha value is -3.41. The number of amides is 1. The van der Waals surface area contributed by atoms with Crippen molar-refractivity contribution >= 4 is 16.9 Å². The topological polar surface area (TPSA) is 75.6 Å². The maximum Gasteiger partial charge on any atom is 0.220 e. The lowest BCUT2D eigenvalue weighted by molar-refractivity contribution is -0.121. The van der Waals surface area contributed by atoms with Crippen LogP contribution in [-0.4, -0.2) is 25.7 Å². The van der Waals surface area contributed by atoms with E-state index in [1.54, 1.807) is 0 Å². The number of aromatic amines is 1. The minimum atomic E-state index is 0.0139. The molecule has 0 aliphatic carbocycles. The Balaban J connectivity index is 1.34. The van der Waals surface area contributed by atoms with Crippen LogP contribution < -0.4 is 5.32 Å². The van der Waals surface area contributed by atoms with Crippen molar-refractivity contribution in [1.29, 1.82) is 0 Å². The summed E-state index contributed by atoms with van der Waals surface area (Å²) in [4.78, 5) is 20.1. The SMILES string of the molecule is Cc1nn(Cc2ccccc2)c(C)c1CNC(=O)CCc1nc2ccccc2[nH]1. The van der Waals surface area contributed by atoms with Gasteiger partial charge in [-0.05, 0) is 31.5 Å². The minimum absolute atomic E-state index is 0.0139. The number of para-hydroxylation sites is 2. The van der Waals surface area contributed by atoms with Gasteiger partial charge in [-0.15, -0.1) is 0 Å². The molecule has 0 saturated carbocycles. The quantitative estimate of drug-likeness (QED) is 0.508. The van der Waals surface area contributed by atoms with Crippen molar-refractivity contribution in [3.63, 3.8) is 0 Å².